The van der Waals surface area contributed by atoms with Gasteiger partial charge in [-0.05, 0) is 62.3 Å². The Hall–Kier alpha value is -2.24. The molecule has 5 rings (SSSR count). The summed E-state index contributed by atoms with van der Waals surface area (Å²) in [5.41, 5.74) is 4.07. The second-order valence-electron chi connectivity index (χ2n) is 7.63. The molecule has 2 fully saturated rings. The van der Waals surface area contributed by atoms with Gasteiger partial charge in [-0.2, -0.15) is 0 Å². The number of pyridine rings is 1. The fraction of sp³-hybridized carbons (Fsp3) is 0.381. The zero-order valence-corrected chi connectivity index (χ0v) is 15.0. The van der Waals surface area contributed by atoms with Gasteiger partial charge in [-0.1, -0.05) is 6.07 Å². The summed E-state index contributed by atoms with van der Waals surface area (Å²) < 4.78 is 15.5. The summed E-state index contributed by atoms with van der Waals surface area (Å²) in [5.74, 6) is 0.572. The highest BCUT2D eigenvalue weighted by Crippen LogP contribution is 2.33. The second-order valence-corrected chi connectivity index (χ2v) is 7.63. The topological polar surface area (TPSA) is 23.8 Å². The predicted octanol–water partition coefficient (Wildman–Crippen LogP) is 3.28. The molecular formula is C21H23FN4. The Morgan fingerprint density at radius 3 is 2.77 bits per heavy atom. The average molecular weight is 350 g/mol. The molecule has 2 aromatic heterocycles. The van der Waals surface area contributed by atoms with E-state index in [0.717, 1.165) is 42.5 Å². The minimum absolute atomic E-state index is 0.213. The van der Waals surface area contributed by atoms with Crippen LogP contribution in [0.3, 0.4) is 0 Å². The van der Waals surface area contributed by atoms with Crippen LogP contribution < -0.4 is 0 Å². The number of likely N-dealkylation sites (N-methyl/N-ethyl adjacent to an activating group) is 1. The van der Waals surface area contributed by atoms with Crippen LogP contribution >= 0.6 is 0 Å². The van der Waals surface area contributed by atoms with Gasteiger partial charge in [0, 0.05) is 37.4 Å². The number of halogens is 1. The van der Waals surface area contributed by atoms with Crippen LogP contribution in [-0.2, 0) is 6.54 Å². The predicted molar refractivity (Wildman–Crippen MR) is 100 cm³/mol. The summed E-state index contributed by atoms with van der Waals surface area (Å²) in [6.45, 7) is 4.36. The Balaban J connectivity index is 1.52. The van der Waals surface area contributed by atoms with Crippen molar-refractivity contribution in [1.82, 2.24) is 19.2 Å². The number of rotatable bonds is 3. The number of benzene rings is 1. The summed E-state index contributed by atoms with van der Waals surface area (Å²) >= 11 is 0. The Morgan fingerprint density at radius 2 is 1.96 bits per heavy atom. The Bertz CT molecular complexity index is 933. The molecule has 0 amide bonds. The van der Waals surface area contributed by atoms with E-state index in [0.29, 0.717) is 6.04 Å². The number of fused-ring (bicyclic) bond motifs is 2. The first-order chi connectivity index (χ1) is 12.7. The molecule has 0 aliphatic carbocycles. The molecule has 4 nitrogen and oxygen atoms in total. The molecular weight excluding hydrogens is 327 g/mol. The lowest BCUT2D eigenvalue weighted by Crippen LogP contribution is -2.32. The zero-order chi connectivity index (χ0) is 17.7. The van der Waals surface area contributed by atoms with Gasteiger partial charge in [0.15, 0.2) is 0 Å². The fourth-order valence-electron chi connectivity index (χ4n) is 4.64. The van der Waals surface area contributed by atoms with E-state index in [4.69, 9.17) is 4.98 Å². The SMILES string of the molecule is CN1CC[C@@H]2CN(Cc3c(-c4ccc(F)cc4)nc4ccccn34)C[C@@H]21. The largest absolute Gasteiger partial charge is 0.302 e. The zero-order valence-electron chi connectivity index (χ0n) is 15.0. The normalized spacial score (nSPS) is 23.8. The lowest BCUT2D eigenvalue weighted by atomic mass is 10.1. The molecule has 2 aliphatic rings. The van der Waals surface area contributed by atoms with Crippen LogP contribution in [0.1, 0.15) is 12.1 Å². The van der Waals surface area contributed by atoms with Crippen molar-refractivity contribution in [2.24, 2.45) is 5.92 Å². The fourth-order valence-corrected chi connectivity index (χ4v) is 4.64. The van der Waals surface area contributed by atoms with Crippen LogP contribution in [0.25, 0.3) is 16.9 Å². The van der Waals surface area contributed by atoms with Crippen molar-refractivity contribution in [3.63, 3.8) is 0 Å². The maximum atomic E-state index is 13.4. The van der Waals surface area contributed by atoms with Crippen LogP contribution in [0.15, 0.2) is 48.7 Å². The molecule has 0 saturated carbocycles. The molecule has 0 radical (unpaired) electrons. The van der Waals surface area contributed by atoms with Gasteiger partial charge in [0.25, 0.3) is 0 Å². The van der Waals surface area contributed by atoms with E-state index in [1.807, 2.05) is 30.3 Å². The minimum atomic E-state index is -0.213. The highest BCUT2D eigenvalue weighted by Gasteiger charge is 2.39. The summed E-state index contributed by atoms with van der Waals surface area (Å²) in [4.78, 5) is 9.90. The first-order valence-electron chi connectivity index (χ1n) is 9.33. The van der Waals surface area contributed by atoms with E-state index in [9.17, 15) is 4.39 Å². The summed E-state index contributed by atoms with van der Waals surface area (Å²) in [6.07, 6.45) is 3.38. The highest BCUT2D eigenvalue weighted by atomic mass is 19.1. The highest BCUT2D eigenvalue weighted by molar-refractivity contribution is 5.66. The molecule has 2 aliphatic heterocycles. The molecule has 2 saturated heterocycles. The first-order valence-corrected chi connectivity index (χ1v) is 9.33. The Morgan fingerprint density at radius 1 is 1.12 bits per heavy atom. The van der Waals surface area contributed by atoms with Crippen molar-refractivity contribution in [2.75, 3.05) is 26.7 Å². The molecule has 0 N–H and O–H groups in total. The van der Waals surface area contributed by atoms with Gasteiger partial charge in [-0.15, -0.1) is 0 Å². The number of likely N-dealkylation sites (tertiary alicyclic amines) is 2. The Labute approximate surface area is 152 Å². The van der Waals surface area contributed by atoms with E-state index < -0.39 is 0 Å². The van der Waals surface area contributed by atoms with Crippen LogP contribution in [0.5, 0.6) is 0 Å². The quantitative estimate of drug-likeness (QED) is 0.724. The molecule has 2 atom stereocenters. The second kappa shape index (κ2) is 6.18. The summed E-state index contributed by atoms with van der Waals surface area (Å²) in [7, 11) is 2.24. The third kappa shape index (κ3) is 2.63. The van der Waals surface area contributed by atoms with E-state index in [2.05, 4.69) is 27.4 Å². The third-order valence-corrected chi connectivity index (χ3v) is 6.02. The van der Waals surface area contributed by atoms with Crippen molar-refractivity contribution < 1.29 is 4.39 Å². The van der Waals surface area contributed by atoms with Gasteiger partial charge in [0.2, 0.25) is 0 Å². The number of hydrogen-bond donors (Lipinski definition) is 0. The first kappa shape index (κ1) is 16.0. The van der Waals surface area contributed by atoms with Crippen molar-refractivity contribution in [3.8, 4) is 11.3 Å². The van der Waals surface area contributed by atoms with Gasteiger partial charge in [0.05, 0.1) is 11.4 Å². The third-order valence-electron chi connectivity index (χ3n) is 6.02. The molecule has 0 unspecified atom stereocenters. The number of aromatic nitrogens is 2. The van der Waals surface area contributed by atoms with Gasteiger partial charge in [0.1, 0.15) is 11.5 Å². The lowest BCUT2D eigenvalue weighted by molar-refractivity contribution is 0.253. The van der Waals surface area contributed by atoms with E-state index in [1.165, 1.54) is 30.8 Å². The lowest BCUT2D eigenvalue weighted by Gasteiger charge is -2.21. The van der Waals surface area contributed by atoms with Crippen LogP contribution in [0.2, 0.25) is 0 Å². The van der Waals surface area contributed by atoms with E-state index in [-0.39, 0.29) is 5.82 Å². The molecule has 5 heteroatoms. The monoisotopic (exact) mass is 350 g/mol. The van der Waals surface area contributed by atoms with Crippen molar-refractivity contribution in [1.29, 1.82) is 0 Å². The van der Waals surface area contributed by atoms with Gasteiger partial charge in [-0.25, -0.2) is 9.37 Å². The van der Waals surface area contributed by atoms with Crippen LogP contribution in [0, 0.1) is 11.7 Å². The summed E-state index contributed by atoms with van der Waals surface area (Å²) in [6, 6.07) is 13.4. The molecule has 1 aromatic carbocycles. The standard InChI is InChI=1S/C21H23FN4/c1-24-11-9-16-12-25(13-18(16)24)14-19-21(15-5-7-17(22)8-6-15)23-20-4-2-3-10-26(19)20/h2-8,10,16,18H,9,11-14H2,1H3/t16-,18+/m1/s1. The van der Waals surface area contributed by atoms with Gasteiger partial charge < -0.3 is 9.30 Å². The number of imidazole rings is 1. The van der Waals surface area contributed by atoms with Crippen molar-refractivity contribution in [2.45, 2.75) is 19.0 Å². The average Bonchev–Trinajstić information content (AvgIpc) is 3.31. The van der Waals surface area contributed by atoms with Crippen LogP contribution in [0.4, 0.5) is 4.39 Å². The summed E-state index contributed by atoms with van der Waals surface area (Å²) in [5, 5.41) is 0. The number of nitrogens with zero attached hydrogens (tertiary/aromatic N) is 4. The molecule has 134 valence electrons. The van der Waals surface area contributed by atoms with E-state index in [1.54, 1.807) is 0 Å². The maximum Gasteiger partial charge on any atom is 0.137 e. The van der Waals surface area contributed by atoms with Crippen molar-refractivity contribution in [3.05, 3.63) is 60.2 Å². The maximum absolute atomic E-state index is 13.4. The smallest absolute Gasteiger partial charge is 0.137 e. The molecule has 26 heavy (non-hydrogen) atoms. The van der Waals surface area contributed by atoms with E-state index >= 15 is 0 Å². The van der Waals surface area contributed by atoms with Crippen LogP contribution in [-0.4, -0.2) is 51.9 Å². The number of hydrogen-bond acceptors (Lipinski definition) is 3. The molecule has 0 spiro atoms. The molecule has 0 bridgehead atoms. The minimum Gasteiger partial charge on any atom is -0.302 e. The van der Waals surface area contributed by atoms with Gasteiger partial charge in [-0.3, -0.25) is 4.90 Å². The van der Waals surface area contributed by atoms with Gasteiger partial charge >= 0.3 is 0 Å². The molecule has 3 aromatic rings. The molecule has 4 heterocycles. The van der Waals surface area contributed by atoms with Crippen molar-refractivity contribution >= 4 is 5.65 Å². The Kier molecular flexibility index (Phi) is 3.80.